The van der Waals surface area contributed by atoms with E-state index in [4.69, 9.17) is 23.8 Å². The number of aromatic nitrogens is 2. The smallest absolute Gasteiger partial charge is 0.134 e. The molecule has 0 atom stereocenters. The number of aryl methyl sites for hydroxylation is 1. The lowest BCUT2D eigenvalue weighted by molar-refractivity contribution is 0.631. The van der Waals surface area contributed by atoms with Crippen LogP contribution in [0.4, 0.5) is 10.2 Å². The fraction of sp³-hybridized carbons (Fsp3) is 0.214. The molecule has 2 rings (SSSR count). The van der Waals surface area contributed by atoms with Crippen LogP contribution in [0.1, 0.15) is 12.7 Å². The van der Waals surface area contributed by atoms with E-state index < -0.39 is 5.82 Å². The zero-order chi connectivity index (χ0) is 14.0. The Kier molecular flexibility index (Phi) is 3.77. The van der Waals surface area contributed by atoms with Crippen molar-refractivity contribution in [1.82, 2.24) is 9.55 Å². The fourth-order valence-electron chi connectivity index (χ4n) is 1.93. The Morgan fingerprint density at radius 2 is 2.26 bits per heavy atom. The summed E-state index contributed by atoms with van der Waals surface area (Å²) in [4.78, 5) is 4.37. The van der Waals surface area contributed by atoms with Gasteiger partial charge in [0.2, 0.25) is 0 Å². The number of nitrogen functional groups attached to an aromatic ring is 1. The number of terminal acetylenes is 1. The minimum absolute atomic E-state index is 0.317. The molecular formula is C14H13ClFN3. The average Bonchev–Trinajstić information content (AvgIpc) is 2.68. The van der Waals surface area contributed by atoms with Crippen LogP contribution in [0.15, 0.2) is 18.2 Å². The van der Waals surface area contributed by atoms with Crippen LogP contribution >= 0.6 is 11.6 Å². The van der Waals surface area contributed by atoms with Gasteiger partial charge in [-0.1, -0.05) is 24.4 Å². The SMILES string of the molecule is C#CCn1c(CC)nc(-c2ccc(Cl)cc2F)c1N. The molecule has 1 aromatic carbocycles. The molecule has 3 nitrogen and oxygen atoms in total. The van der Waals surface area contributed by atoms with Gasteiger partial charge in [0.1, 0.15) is 23.2 Å². The fourth-order valence-corrected chi connectivity index (χ4v) is 2.09. The van der Waals surface area contributed by atoms with E-state index in [0.29, 0.717) is 35.1 Å². The second-order valence-corrected chi connectivity index (χ2v) is 4.47. The number of anilines is 1. The van der Waals surface area contributed by atoms with E-state index in [1.807, 2.05) is 6.92 Å². The minimum Gasteiger partial charge on any atom is -0.383 e. The standard InChI is InChI=1S/C14H13ClFN3/c1-3-7-19-12(4-2)18-13(14(19)17)10-6-5-9(15)8-11(10)16/h1,5-6,8H,4,7,17H2,2H3. The van der Waals surface area contributed by atoms with Gasteiger partial charge < -0.3 is 10.3 Å². The first-order valence-corrected chi connectivity index (χ1v) is 6.20. The molecule has 1 aromatic heterocycles. The van der Waals surface area contributed by atoms with Crippen molar-refractivity contribution < 1.29 is 4.39 Å². The first-order valence-electron chi connectivity index (χ1n) is 5.82. The predicted molar refractivity (Wildman–Crippen MR) is 75.3 cm³/mol. The highest BCUT2D eigenvalue weighted by Gasteiger charge is 2.17. The third-order valence-corrected chi connectivity index (χ3v) is 3.07. The summed E-state index contributed by atoms with van der Waals surface area (Å²) in [6.07, 6.45) is 5.97. The van der Waals surface area contributed by atoms with E-state index in [2.05, 4.69) is 10.9 Å². The highest BCUT2D eigenvalue weighted by Crippen LogP contribution is 2.30. The third-order valence-electron chi connectivity index (χ3n) is 2.84. The summed E-state index contributed by atoms with van der Waals surface area (Å²) in [5, 5.41) is 0.332. The summed E-state index contributed by atoms with van der Waals surface area (Å²) >= 11 is 5.73. The number of hydrogen-bond donors (Lipinski definition) is 1. The van der Waals surface area contributed by atoms with Crippen molar-refractivity contribution in [2.75, 3.05) is 5.73 Å². The van der Waals surface area contributed by atoms with Crippen LogP contribution < -0.4 is 5.73 Å². The van der Waals surface area contributed by atoms with Gasteiger partial charge in [0.05, 0.1) is 6.54 Å². The van der Waals surface area contributed by atoms with Crippen LogP contribution in [0.2, 0.25) is 5.02 Å². The minimum atomic E-state index is -0.452. The molecule has 0 radical (unpaired) electrons. The number of benzene rings is 1. The van der Waals surface area contributed by atoms with Crippen molar-refractivity contribution in [3.8, 4) is 23.6 Å². The molecule has 98 valence electrons. The van der Waals surface area contributed by atoms with Crippen molar-refractivity contribution in [3.63, 3.8) is 0 Å². The van der Waals surface area contributed by atoms with Crippen LogP contribution in [0.5, 0.6) is 0 Å². The van der Waals surface area contributed by atoms with Crippen molar-refractivity contribution in [2.45, 2.75) is 19.9 Å². The van der Waals surface area contributed by atoms with Crippen LogP contribution in [0, 0.1) is 18.2 Å². The summed E-state index contributed by atoms with van der Waals surface area (Å²) < 4.78 is 15.6. The number of hydrogen-bond acceptors (Lipinski definition) is 2. The summed E-state index contributed by atoms with van der Waals surface area (Å²) in [6, 6.07) is 4.41. The molecule has 19 heavy (non-hydrogen) atoms. The molecule has 5 heteroatoms. The van der Waals surface area contributed by atoms with Crippen molar-refractivity contribution in [1.29, 1.82) is 0 Å². The topological polar surface area (TPSA) is 43.8 Å². The lowest BCUT2D eigenvalue weighted by Crippen LogP contribution is -2.05. The van der Waals surface area contributed by atoms with Gasteiger partial charge in [-0.15, -0.1) is 6.42 Å². The molecule has 0 aliphatic carbocycles. The average molecular weight is 278 g/mol. The molecule has 0 unspecified atom stereocenters. The summed E-state index contributed by atoms with van der Waals surface area (Å²) in [5.41, 5.74) is 6.74. The Morgan fingerprint density at radius 3 is 2.84 bits per heavy atom. The van der Waals surface area contributed by atoms with E-state index in [1.165, 1.54) is 6.07 Å². The van der Waals surface area contributed by atoms with Gasteiger partial charge in [0, 0.05) is 17.0 Å². The Bertz CT molecular complexity index is 655. The molecule has 2 aromatic rings. The predicted octanol–water partition coefficient (Wildman–Crippen LogP) is 3.12. The van der Waals surface area contributed by atoms with E-state index in [-0.39, 0.29) is 0 Å². The summed E-state index contributed by atoms with van der Waals surface area (Å²) in [7, 11) is 0. The molecule has 0 aliphatic heterocycles. The lowest BCUT2D eigenvalue weighted by atomic mass is 10.1. The van der Waals surface area contributed by atoms with Crippen LogP contribution in [0.3, 0.4) is 0 Å². The summed E-state index contributed by atoms with van der Waals surface area (Å²) in [6.45, 7) is 2.26. The third kappa shape index (κ3) is 2.42. The Hall–Kier alpha value is -1.99. The van der Waals surface area contributed by atoms with Gasteiger partial charge in [-0.05, 0) is 18.2 Å². The quantitative estimate of drug-likeness (QED) is 0.876. The molecule has 1 heterocycles. The molecule has 0 saturated heterocycles. The monoisotopic (exact) mass is 277 g/mol. The molecule has 0 bridgehead atoms. The zero-order valence-electron chi connectivity index (χ0n) is 10.5. The van der Waals surface area contributed by atoms with Gasteiger partial charge in [-0.3, -0.25) is 0 Å². The molecule has 0 saturated carbocycles. The zero-order valence-corrected chi connectivity index (χ0v) is 11.2. The van der Waals surface area contributed by atoms with Crippen LogP contribution in [-0.4, -0.2) is 9.55 Å². The van der Waals surface area contributed by atoms with Gasteiger partial charge >= 0.3 is 0 Å². The molecule has 2 N–H and O–H groups in total. The molecule has 0 fully saturated rings. The maximum absolute atomic E-state index is 13.9. The number of nitrogens with zero attached hydrogens (tertiary/aromatic N) is 2. The van der Waals surface area contributed by atoms with E-state index in [1.54, 1.807) is 16.7 Å². The van der Waals surface area contributed by atoms with Crippen LogP contribution in [-0.2, 0) is 13.0 Å². The first-order chi connectivity index (χ1) is 9.08. The molecular weight excluding hydrogens is 265 g/mol. The second-order valence-electron chi connectivity index (χ2n) is 4.03. The van der Waals surface area contributed by atoms with Gasteiger partial charge in [0.25, 0.3) is 0 Å². The molecule has 0 aliphatic rings. The largest absolute Gasteiger partial charge is 0.383 e. The highest BCUT2D eigenvalue weighted by atomic mass is 35.5. The maximum Gasteiger partial charge on any atom is 0.134 e. The van der Waals surface area contributed by atoms with Gasteiger partial charge in [-0.2, -0.15) is 0 Å². The number of halogens is 2. The maximum atomic E-state index is 13.9. The van der Waals surface area contributed by atoms with Crippen LogP contribution in [0.25, 0.3) is 11.3 Å². The summed E-state index contributed by atoms with van der Waals surface area (Å²) in [5.74, 6) is 3.17. The van der Waals surface area contributed by atoms with E-state index in [9.17, 15) is 4.39 Å². The number of rotatable bonds is 3. The van der Waals surface area contributed by atoms with Crippen molar-refractivity contribution >= 4 is 17.4 Å². The van der Waals surface area contributed by atoms with Crippen molar-refractivity contribution in [3.05, 3.63) is 34.9 Å². The Balaban J connectivity index is 2.60. The lowest BCUT2D eigenvalue weighted by Gasteiger charge is -2.04. The highest BCUT2D eigenvalue weighted by molar-refractivity contribution is 6.30. The molecule has 0 amide bonds. The van der Waals surface area contributed by atoms with E-state index >= 15 is 0 Å². The number of nitrogens with two attached hydrogens (primary N) is 1. The molecule has 0 spiro atoms. The Labute approximate surface area is 116 Å². The first kappa shape index (κ1) is 13.4. The van der Waals surface area contributed by atoms with Gasteiger partial charge in [0.15, 0.2) is 0 Å². The van der Waals surface area contributed by atoms with Crippen molar-refractivity contribution in [2.24, 2.45) is 0 Å². The number of imidazole rings is 1. The van der Waals surface area contributed by atoms with Gasteiger partial charge in [-0.25, -0.2) is 9.37 Å². The normalized spacial score (nSPS) is 10.4. The Morgan fingerprint density at radius 1 is 1.53 bits per heavy atom. The van der Waals surface area contributed by atoms with E-state index in [0.717, 1.165) is 5.82 Å². The second kappa shape index (κ2) is 5.33.